The van der Waals surface area contributed by atoms with E-state index in [-0.39, 0.29) is 0 Å². The van der Waals surface area contributed by atoms with Crippen molar-refractivity contribution < 1.29 is 0 Å². The monoisotopic (exact) mass is 404 g/mol. The van der Waals surface area contributed by atoms with E-state index in [1.807, 2.05) is 0 Å². The number of benzene rings is 6. The maximum Gasteiger partial charge on any atom is -0.00201 e. The van der Waals surface area contributed by atoms with E-state index >= 15 is 0 Å². The van der Waals surface area contributed by atoms with Crippen molar-refractivity contribution in [2.45, 2.75) is 0 Å². The van der Waals surface area contributed by atoms with Crippen LogP contribution in [0.3, 0.4) is 0 Å². The molecule has 0 unspecified atom stereocenters. The van der Waals surface area contributed by atoms with Gasteiger partial charge in [0.05, 0.1) is 0 Å². The van der Waals surface area contributed by atoms with Gasteiger partial charge in [0.1, 0.15) is 0 Å². The summed E-state index contributed by atoms with van der Waals surface area (Å²) in [6, 6.07) is 44.3. The largest absolute Gasteiger partial charge is 0.0616 e. The van der Waals surface area contributed by atoms with Gasteiger partial charge in [-0.15, -0.1) is 0 Å². The average molecular weight is 405 g/mol. The number of hydrogen-bond acceptors (Lipinski definition) is 0. The molecule has 0 radical (unpaired) electrons. The van der Waals surface area contributed by atoms with Crippen molar-refractivity contribution in [1.82, 2.24) is 0 Å². The van der Waals surface area contributed by atoms with Gasteiger partial charge < -0.3 is 0 Å². The topological polar surface area (TPSA) is 0 Å². The molecule has 32 heavy (non-hydrogen) atoms. The van der Waals surface area contributed by atoms with E-state index in [1.165, 1.54) is 66.1 Å². The van der Waals surface area contributed by atoms with Crippen LogP contribution in [0.1, 0.15) is 0 Å². The average Bonchev–Trinajstić information content (AvgIpc) is 3.20. The van der Waals surface area contributed by atoms with Crippen LogP contribution in [-0.4, -0.2) is 0 Å². The number of fused-ring (bicyclic) bond motifs is 4. The predicted octanol–water partition coefficient (Wildman–Crippen LogP) is 8.97. The van der Waals surface area contributed by atoms with Crippen LogP contribution in [0.15, 0.2) is 121 Å². The highest BCUT2D eigenvalue weighted by Crippen LogP contribution is 2.49. The summed E-state index contributed by atoms with van der Waals surface area (Å²) in [6.07, 6.45) is 0. The van der Waals surface area contributed by atoms with Crippen molar-refractivity contribution in [3.05, 3.63) is 121 Å². The van der Waals surface area contributed by atoms with Crippen LogP contribution in [0, 0.1) is 0 Å². The van der Waals surface area contributed by atoms with E-state index in [4.69, 9.17) is 0 Å². The first-order valence-corrected chi connectivity index (χ1v) is 11.1. The van der Waals surface area contributed by atoms with Gasteiger partial charge in [-0.25, -0.2) is 0 Å². The highest BCUT2D eigenvalue weighted by Gasteiger charge is 2.22. The molecule has 0 heteroatoms. The lowest BCUT2D eigenvalue weighted by atomic mass is 9.91. The summed E-state index contributed by atoms with van der Waals surface area (Å²) in [4.78, 5) is 0. The lowest BCUT2D eigenvalue weighted by molar-refractivity contribution is 1.63. The van der Waals surface area contributed by atoms with Crippen LogP contribution >= 0.6 is 0 Å². The Kier molecular flexibility index (Phi) is 3.65. The smallest absolute Gasteiger partial charge is 0.00201 e. The second kappa shape index (κ2) is 6.67. The van der Waals surface area contributed by atoms with Gasteiger partial charge in [0.2, 0.25) is 0 Å². The molecule has 6 aromatic rings. The third kappa shape index (κ3) is 2.44. The summed E-state index contributed by atoms with van der Waals surface area (Å²) in [5.41, 5.74) is 10.5. The van der Waals surface area contributed by atoms with E-state index in [2.05, 4.69) is 121 Å². The quantitative estimate of drug-likeness (QED) is 0.270. The maximum absolute atomic E-state index is 2.34. The van der Waals surface area contributed by atoms with Crippen LogP contribution in [0.4, 0.5) is 0 Å². The Morgan fingerprint density at radius 2 is 0.812 bits per heavy atom. The van der Waals surface area contributed by atoms with Gasteiger partial charge in [-0.3, -0.25) is 0 Å². The maximum atomic E-state index is 2.34. The molecule has 148 valence electrons. The Morgan fingerprint density at radius 1 is 0.312 bits per heavy atom. The lowest BCUT2D eigenvalue weighted by Gasteiger charge is -2.12. The molecule has 0 amide bonds. The summed E-state index contributed by atoms with van der Waals surface area (Å²) < 4.78 is 0. The Balaban J connectivity index is 1.45. The second-order valence-corrected chi connectivity index (χ2v) is 8.54. The Labute approximate surface area is 187 Å². The van der Waals surface area contributed by atoms with Crippen LogP contribution in [0.2, 0.25) is 0 Å². The molecule has 0 heterocycles. The third-order valence-corrected chi connectivity index (χ3v) is 6.82. The Morgan fingerprint density at radius 3 is 1.66 bits per heavy atom. The summed E-state index contributed by atoms with van der Waals surface area (Å²) in [6.45, 7) is 0. The summed E-state index contributed by atoms with van der Waals surface area (Å²) in [7, 11) is 0. The molecule has 1 aliphatic rings. The van der Waals surface area contributed by atoms with Crippen molar-refractivity contribution in [3.8, 4) is 44.5 Å². The summed E-state index contributed by atoms with van der Waals surface area (Å²) in [5.74, 6) is 0. The minimum absolute atomic E-state index is 1.26. The fourth-order valence-corrected chi connectivity index (χ4v) is 5.39. The van der Waals surface area contributed by atoms with Crippen molar-refractivity contribution in [1.29, 1.82) is 0 Å². The van der Waals surface area contributed by atoms with Crippen molar-refractivity contribution in [2.75, 3.05) is 0 Å². The van der Waals surface area contributed by atoms with Gasteiger partial charge in [-0.1, -0.05) is 115 Å². The van der Waals surface area contributed by atoms with Crippen LogP contribution < -0.4 is 0 Å². The standard InChI is InChI=1S/C32H20/c1-2-12-24-21(8-1)9-6-15-25(24)22-10-5-11-23(20-22)26-18-19-31-28-14-4-3-13-27(28)30-17-7-16-29(26)32(30)31/h1-20H. The molecule has 1 aliphatic carbocycles. The van der Waals surface area contributed by atoms with Gasteiger partial charge in [0, 0.05) is 0 Å². The van der Waals surface area contributed by atoms with Gasteiger partial charge in [-0.2, -0.15) is 0 Å². The molecule has 0 nitrogen and oxygen atoms in total. The molecule has 0 aliphatic heterocycles. The molecule has 0 spiro atoms. The minimum atomic E-state index is 1.26. The molecule has 0 saturated carbocycles. The van der Waals surface area contributed by atoms with Gasteiger partial charge in [-0.05, 0) is 72.1 Å². The molecular weight excluding hydrogens is 384 g/mol. The Bertz CT molecular complexity index is 1640. The van der Waals surface area contributed by atoms with Gasteiger partial charge in [0.15, 0.2) is 0 Å². The highest BCUT2D eigenvalue weighted by atomic mass is 14.2. The first-order chi connectivity index (χ1) is 15.9. The van der Waals surface area contributed by atoms with Crippen molar-refractivity contribution in [3.63, 3.8) is 0 Å². The van der Waals surface area contributed by atoms with E-state index in [0.29, 0.717) is 0 Å². The summed E-state index contributed by atoms with van der Waals surface area (Å²) in [5, 5.41) is 5.27. The number of rotatable bonds is 2. The Hall–Kier alpha value is -4.16. The molecule has 0 fully saturated rings. The van der Waals surface area contributed by atoms with E-state index < -0.39 is 0 Å². The van der Waals surface area contributed by atoms with E-state index in [1.54, 1.807) is 0 Å². The molecule has 6 aromatic carbocycles. The normalized spacial score (nSPS) is 11.8. The SMILES string of the molecule is c1cc(-c2cccc3ccccc23)cc(-c2ccc3c4c(cccc24)-c2ccccc2-3)c1. The highest BCUT2D eigenvalue weighted by molar-refractivity contribution is 6.18. The van der Waals surface area contributed by atoms with Crippen LogP contribution in [0.25, 0.3) is 66.1 Å². The predicted molar refractivity (Wildman–Crippen MR) is 137 cm³/mol. The molecule has 7 rings (SSSR count). The summed E-state index contributed by atoms with van der Waals surface area (Å²) >= 11 is 0. The molecule has 0 bridgehead atoms. The fourth-order valence-electron chi connectivity index (χ4n) is 5.39. The lowest BCUT2D eigenvalue weighted by Crippen LogP contribution is -1.86. The zero-order valence-corrected chi connectivity index (χ0v) is 17.5. The zero-order chi connectivity index (χ0) is 21.1. The van der Waals surface area contributed by atoms with Gasteiger partial charge >= 0.3 is 0 Å². The zero-order valence-electron chi connectivity index (χ0n) is 17.5. The van der Waals surface area contributed by atoms with Crippen LogP contribution in [-0.2, 0) is 0 Å². The van der Waals surface area contributed by atoms with E-state index in [9.17, 15) is 0 Å². The molecule has 0 aromatic heterocycles. The second-order valence-electron chi connectivity index (χ2n) is 8.54. The van der Waals surface area contributed by atoms with Gasteiger partial charge in [0.25, 0.3) is 0 Å². The first kappa shape index (κ1) is 17.5. The molecule has 0 atom stereocenters. The van der Waals surface area contributed by atoms with Crippen molar-refractivity contribution in [2.24, 2.45) is 0 Å². The molecule has 0 N–H and O–H groups in total. The fraction of sp³-hybridized carbons (Fsp3) is 0. The first-order valence-electron chi connectivity index (χ1n) is 11.1. The van der Waals surface area contributed by atoms with E-state index in [0.717, 1.165) is 0 Å². The molecule has 0 saturated heterocycles. The minimum Gasteiger partial charge on any atom is -0.0616 e. The van der Waals surface area contributed by atoms with Crippen molar-refractivity contribution >= 4 is 21.5 Å². The number of hydrogen-bond donors (Lipinski definition) is 0. The van der Waals surface area contributed by atoms with Crippen LogP contribution in [0.5, 0.6) is 0 Å². The molecular formula is C32H20. The third-order valence-electron chi connectivity index (χ3n) is 6.82.